The number of primary amides is 1. The number of aromatic nitrogens is 4. The Morgan fingerprint density at radius 2 is 2.00 bits per heavy atom. The Morgan fingerprint density at radius 3 is 2.77 bits per heavy atom. The van der Waals surface area contributed by atoms with Crippen LogP contribution in [0.5, 0.6) is 0 Å². The van der Waals surface area contributed by atoms with E-state index in [4.69, 9.17) is 10.5 Å². The lowest BCUT2D eigenvalue weighted by atomic mass is 10.1. The van der Waals surface area contributed by atoms with Crippen LogP contribution in [0.4, 0.5) is 0 Å². The normalized spacial score (nSPS) is 10.8. The first-order valence-electron chi connectivity index (χ1n) is 8.16. The average molecular weight is 353 g/mol. The van der Waals surface area contributed by atoms with Crippen molar-refractivity contribution in [2.24, 2.45) is 5.73 Å². The minimum atomic E-state index is -0.546. The first kappa shape index (κ1) is 17.5. The molecule has 0 atom stereocenters. The number of nitrogens with zero attached hydrogens (tertiary/aromatic N) is 4. The Kier molecular flexibility index (Phi) is 4.92. The van der Waals surface area contributed by atoms with Gasteiger partial charge in [-0.1, -0.05) is 18.2 Å². The quantitative estimate of drug-likeness (QED) is 0.672. The zero-order valence-corrected chi connectivity index (χ0v) is 14.6. The van der Waals surface area contributed by atoms with E-state index < -0.39 is 5.91 Å². The number of esters is 1. The van der Waals surface area contributed by atoms with Gasteiger partial charge < -0.3 is 10.5 Å². The number of ether oxygens (including phenoxy) is 1. The molecule has 3 rings (SSSR count). The van der Waals surface area contributed by atoms with Gasteiger partial charge in [0.1, 0.15) is 12.9 Å². The number of nitrogens with two attached hydrogens (primary N) is 1. The van der Waals surface area contributed by atoms with Crippen LogP contribution in [-0.2, 0) is 22.6 Å². The second-order valence-corrected chi connectivity index (χ2v) is 5.92. The van der Waals surface area contributed by atoms with E-state index in [1.807, 2.05) is 13.8 Å². The average Bonchev–Trinajstić information content (AvgIpc) is 3.08. The molecule has 3 aromatic rings. The van der Waals surface area contributed by atoms with Gasteiger partial charge in [-0.15, -0.1) is 0 Å². The molecular weight excluding hydrogens is 334 g/mol. The number of fused-ring (bicyclic) bond motifs is 1. The van der Waals surface area contributed by atoms with Gasteiger partial charge in [-0.05, 0) is 31.9 Å². The summed E-state index contributed by atoms with van der Waals surface area (Å²) in [6.45, 7) is 3.81. The number of carbonyl (C=O) groups excluding carboxylic acids is 2. The summed E-state index contributed by atoms with van der Waals surface area (Å²) in [5.41, 5.74) is 8.93. The molecule has 8 heteroatoms. The molecule has 0 aliphatic rings. The van der Waals surface area contributed by atoms with E-state index in [0.717, 1.165) is 17.0 Å². The highest BCUT2D eigenvalue weighted by Crippen LogP contribution is 2.16. The fourth-order valence-electron chi connectivity index (χ4n) is 2.86. The van der Waals surface area contributed by atoms with Crippen LogP contribution in [0.3, 0.4) is 0 Å². The van der Waals surface area contributed by atoms with Crippen molar-refractivity contribution in [3.63, 3.8) is 0 Å². The Balaban J connectivity index is 1.64. The Bertz CT molecular complexity index is 980. The third kappa shape index (κ3) is 3.53. The summed E-state index contributed by atoms with van der Waals surface area (Å²) in [5.74, 6) is -0.369. The molecule has 2 N–H and O–H groups in total. The maximum Gasteiger partial charge on any atom is 0.306 e. The molecule has 0 unspecified atom stereocenters. The van der Waals surface area contributed by atoms with E-state index in [0.29, 0.717) is 23.3 Å². The standard InChI is InChI=1S/C18H19N5O3/c1-11-14(12(2)23-18(22-11)20-10-21-23)7-8-16(24)26-9-13-5-3-4-6-15(13)17(19)25/h3-6,10H,7-9H2,1-2H3,(H2,19,25). The summed E-state index contributed by atoms with van der Waals surface area (Å²) in [6, 6.07) is 6.80. The number of hydrogen-bond acceptors (Lipinski definition) is 6. The number of carbonyl (C=O) groups is 2. The monoisotopic (exact) mass is 353 g/mol. The zero-order valence-electron chi connectivity index (χ0n) is 14.6. The summed E-state index contributed by atoms with van der Waals surface area (Å²) in [6.07, 6.45) is 2.13. The van der Waals surface area contributed by atoms with Crippen LogP contribution in [0.2, 0.25) is 0 Å². The number of hydrogen-bond donors (Lipinski definition) is 1. The maximum absolute atomic E-state index is 12.1. The van der Waals surface area contributed by atoms with Gasteiger partial charge in [-0.3, -0.25) is 9.59 Å². The third-order valence-corrected chi connectivity index (χ3v) is 4.24. The first-order valence-corrected chi connectivity index (χ1v) is 8.16. The molecule has 1 amide bonds. The summed E-state index contributed by atoms with van der Waals surface area (Å²) in [4.78, 5) is 32.0. The number of benzene rings is 1. The van der Waals surface area contributed by atoms with Gasteiger partial charge in [-0.25, -0.2) is 9.50 Å². The highest BCUT2D eigenvalue weighted by molar-refractivity contribution is 5.94. The van der Waals surface area contributed by atoms with Gasteiger partial charge in [0.15, 0.2) is 0 Å². The highest BCUT2D eigenvalue weighted by atomic mass is 16.5. The summed E-state index contributed by atoms with van der Waals surface area (Å²) >= 11 is 0. The highest BCUT2D eigenvalue weighted by Gasteiger charge is 2.14. The van der Waals surface area contributed by atoms with Crippen molar-refractivity contribution in [3.05, 3.63) is 58.7 Å². The molecule has 0 fully saturated rings. The molecule has 26 heavy (non-hydrogen) atoms. The largest absolute Gasteiger partial charge is 0.461 e. The molecule has 0 saturated heterocycles. The topological polar surface area (TPSA) is 112 Å². The molecule has 0 bridgehead atoms. The van der Waals surface area contributed by atoms with E-state index in [-0.39, 0.29) is 19.0 Å². The Morgan fingerprint density at radius 1 is 1.23 bits per heavy atom. The minimum Gasteiger partial charge on any atom is -0.461 e. The molecule has 0 spiro atoms. The molecule has 1 aromatic carbocycles. The SMILES string of the molecule is Cc1nc2ncnn2c(C)c1CCC(=O)OCc1ccccc1C(N)=O. The molecule has 134 valence electrons. The van der Waals surface area contributed by atoms with Crippen LogP contribution in [0.1, 0.15) is 39.3 Å². The van der Waals surface area contributed by atoms with Crippen molar-refractivity contribution >= 4 is 17.7 Å². The van der Waals surface area contributed by atoms with Crippen molar-refractivity contribution < 1.29 is 14.3 Å². The lowest BCUT2D eigenvalue weighted by molar-refractivity contribution is -0.144. The van der Waals surface area contributed by atoms with Crippen LogP contribution in [0.25, 0.3) is 5.78 Å². The van der Waals surface area contributed by atoms with Crippen molar-refractivity contribution in [2.75, 3.05) is 0 Å². The fourth-order valence-corrected chi connectivity index (χ4v) is 2.86. The van der Waals surface area contributed by atoms with Gasteiger partial charge in [0, 0.05) is 28.9 Å². The van der Waals surface area contributed by atoms with Crippen LogP contribution >= 0.6 is 0 Å². The maximum atomic E-state index is 12.1. The van der Waals surface area contributed by atoms with Crippen LogP contribution in [0.15, 0.2) is 30.6 Å². The van der Waals surface area contributed by atoms with Gasteiger partial charge in [0.05, 0.1) is 0 Å². The molecular formula is C18H19N5O3. The summed E-state index contributed by atoms with van der Waals surface area (Å²) in [5, 5.41) is 4.13. The van der Waals surface area contributed by atoms with Crippen molar-refractivity contribution in [1.29, 1.82) is 0 Å². The van der Waals surface area contributed by atoms with Crippen LogP contribution in [-0.4, -0.2) is 31.5 Å². The van der Waals surface area contributed by atoms with Crippen molar-refractivity contribution in [2.45, 2.75) is 33.3 Å². The Hall–Kier alpha value is -3.29. The lowest BCUT2D eigenvalue weighted by Crippen LogP contribution is -2.15. The number of rotatable bonds is 6. The van der Waals surface area contributed by atoms with Crippen LogP contribution in [0, 0.1) is 13.8 Å². The Labute approximate surface area is 150 Å². The molecule has 0 radical (unpaired) electrons. The second-order valence-electron chi connectivity index (χ2n) is 5.92. The third-order valence-electron chi connectivity index (χ3n) is 4.24. The van der Waals surface area contributed by atoms with Gasteiger partial charge >= 0.3 is 5.97 Å². The predicted molar refractivity (Wildman–Crippen MR) is 93.3 cm³/mol. The molecule has 2 aromatic heterocycles. The van der Waals surface area contributed by atoms with Gasteiger partial charge in [0.2, 0.25) is 5.91 Å². The summed E-state index contributed by atoms with van der Waals surface area (Å²) < 4.78 is 6.94. The lowest BCUT2D eigenvalue weighted by Gasteiger charge is -2.11. The second kappa shape index (κ2) is 7.30. The molecule has 2 heterocycles. The summed E-state index contributed by atoms with van der Waals surface area (Å²) in [7, 11) is 0. The number of aryl methyl sites for hydroxylation is 2. The van der Waals surface area contributed by atoms with Crippen molar-refractivity contribution in [1.82, 2.24) is 19.6 Å². The number of amides is 1. The van der Waals surface area contributed by atoms with Gasteiger partial charge in [0.25, 0.3) is 5.78 Å². The predicted octanol–water partition coefficient (Wildman–Crippen LogP) is 1.52. The smallest absolute Gasteiger partial charge is 0.306 e. The van der Waals surface area contributed by atoms with E-state index >= 15 is 0 Å². The zero-order chi connectivity index (χ0) is 18.7. The molecule has 0 aliphatic carbocycles. The van der Waals surface area contributed by atoms with E-state index in [9.17, 15) is 9.59 Å². The minimum absolute atomic E-state index is 0.0102. The molecule has 0 aliphatic heterocycles. The fraction of sp³-hybridized carbons (Fsp3) is 0.278. The molecule has 0 saturated carbocycles. The van der Waals surface area contributed by atoms with E-state index in [1.54, 1.807) is 28.8 Å². The first-order chi connectivity index (χ1) is 12.5. The van der Waals surface area contributed by atoms with E-state index in [1.165, 1.54) is 6.33 Å². The van der Waals surface area contributed by atoms with Crippen LogP contribution < -0.4 is 5.73 Å². The molecule has 8 nitrogen and oxygen atoms in total. The van der Waals surface area contributed by atoms with Crippen molar-refractivity contribution in [3.8, 4) is 0 Å². The van der Waals surface area contributed by atoms with E-state index in [2.05, 4.69) is 15.1 Å². The van der Waals surface area contributed by atoms with Gasteiger partial charge in [-0.2, -0.15) is 10.1 Å².